The van der Waals surface area contributed by atoms with Gasteiger partial charge in [-0.2, -0.15) is 5.10 Å². The van der Waals surface area contributed by atoms with Crippen LogP contribution in [0.25, 0.3) is 5.69 Å². The highest BCUT2D eigenvalue weighted by Gasteiger charge is 2.28. The second kappa shape index (κ2) is 10.8. The second-order valence-electron chi connectivity index (χ2n) is 8.83. The van der Waals surface area contributed by atoms with Gasteiger partial charge >= 0.3 is 0 Å². The molecule has 1 aliphatic carbocycles. The van der Waals surface area contributed by atoms with Crippen LogP contribution < -0.4 is 4.74 Å². The highest BCUT2D eigenvalue weighted by molar-refractivity contribution is 5.43. The zero-order valence-electron chi connectivity index (χ0n) is 19.2. The number of hydrogen-bond acceptors (Lipinski definition) is 4. The minimum absolute atomic E-state index is 0.306. The number of aliphatic hydroxyl groups excluding tert-OH is 1. The summed E-state index contributed by atoms with van der Waals surface area (Å²) in [5, 5.41) is 15.4. The van der Waals surface area contributed by atoms with Gasteiger partial charge in [0.15, 0.2) is 0 Å². The normalized spacial score (nSPS) is 14.4. The Hall–Kier alpha value is -2.96. The molecule has 0 saturated heterocycles. The number of aryl methyl sites for hydroxylation is 1. The molecule has 1 heterocycles. The average molecular weight is 450 g/mol. The number of allylic oxidation sites excluding steroid dienone is 1. The second-order valence-corrected chi connectivity index (χ2v) is 8.83. The number of halogens is 1. The summed E-state index contributed by atoms with van der Waals surface area (Å²) in [6.45, 7) is 7.90. The van der Waals surface area contributed by atoms with Crippen LogP contribution in [0.5, 0.6) is 11.6 Å². The predicted molar refractivity (Wildman–Crippen MR) is 128 cm³/mol. The Bertz CT molecular complexity index is 1050. The molecule has 3 aromatic rings. The van der Waals surface area contributed by atoms with Crippen LogP contribution in [0.4, 0.5) is 4.39 Å². The third-order valence-electron chi connectivity index (χ3n) is 5.93. The summed E-state index contributed by atoms with van der Waals surface area (Å²) >= 11 is 0. The Balaban J connectivity index is 1.65. The molecule has 2 aromatic carbocycles. The number of rotatable bonds is 12. The number of ether oxygens (including phenoxy) is 1. The van der Waals surface area contributed by atoms with Crippen LogP contribution in [-0.2, 0) is 6.54 Å². The Labute approximate surface area is 195 Å². The van der Waals surface area contributed by atoms with Crippen molar-refractivity contribution in [1.82, 2.24) is 14.7 Å². The summed E-state index contributed by atoms with van der Waals surface area (Å²) in [6, 6.07) is 15.9. The van der Waals surface area contributed by atoms with Gasteiger partial charge in [-0.1, -0.05) is 24.3 Å². The molecule has 1 aromatic heterocycles. The Morgan fingerprint density at radius 2 is 1.94 bits per heavy atom. The van der Waals surface area contributed by atoms with E-state index in [1.165, 1.54) is 25.0 Å². The fourth-order valence-corrected chi connectivity index (χ4v) is 3.98. The smallest absolute Gasteiger partial charge is 0.227 e. The van der Waals surface area contributed by atoms with Crippen molar-refractivity contribution in [2.24, 2.45) is 5.92 Å². The maximum Gasteiger partial charge on any atom is 0.227 e. The maximum atomic E-state index is 13.5. The lowest BCUT2D eigenvalue weighted by molar-refractivity contribution is 0.0991. The lowest BCUT2D eigenvalue weighted by atomic mass is 10.1. The van der Waals surface area contributed by atoms with Gasteiger partial charge in [0.05, 0.1) is 23.0 Å². The number of nitrogens with zero attached hydrogens (tertiary/aromatic N) is 3. The van der Waals surface area contributed by atoms with E-state index in [0.29, 0.717) is 37.1 Å². The van der Waals surface area contributed by atoms with Crippen molar-refractivity contribution >= 4 is 0 Å². The topological polar surface area (TPSA) is 50.5 Å². The van der Waals surface area contributed by atoms with Gasteiger partial charge in [-0.3, -0.25) is 4.90 Å². The van der Waals surface area contributed by atoms with Crippen LogP contribution in [0.1, 0.15) is 36.9 Å². The van der Waals surface area contributed by atoms with Gasteiger partial charge in [0.25, 0.3) is 0 Å². The molecular formula is C27H32FN3O2. The first-order valence-electron chi connectivity index (χ1n) is 11.6. The van der Waals surface area contributed by atoms with Gasteiger partial charge in [-0.15, -0.1) is 6.58 Å². The van der Waals surface area contributed by atoms with Gasteiger partial charge in [-0.05, 0) is 74.9 Å². The zero-order chi connectivity index (χ0) is 23.2. The third kappa shape index (κ3) is 6.30. The van der Waals surface area contributed by atoms with Gasteiger partial charge in [0.1, 0.15) is 11.6 Å². The number of aliphatic hydroxyl groups is 1. The molecule has 4 rings (SSSR count). The van der Waals surface area contributed by atoms with Crippen LogP contribution >= 0.6 is 0 Å². The first kappa shape index (κ1) is 23.2. The van der Waals surface area contributed by atoms with Crippen LogP contribution in [0.2, 0.25) is 0 Å². The van der Waals surface area contributed by atoms with Crippen molar-refractivity contribution in [3.05, 3.63) is 84.3 Å². The Kier molecular flexibility index (Phi) is 7.57. The van der Waals surface area contributed by atoms with Crippen molar-refractivity contribution < 1.29 is 14.2 Å². The van der Waals surface area contributed by atoms with Crippen molar-refractivity contribution in [2.45, 2.75) is 45.3 Å². The molecule has 0 spiro atoms. The molecule has 33 heavy (non-hydrogen) atoms. The largest absolute Gasteiger partial charge is 0.439 e. The van der Waals surface area contributed by atoms with Crippen LogP contribution in [0.15, 0.2) is 67.3 Å². The summed E-state index contributed by atoms with van der Waals surface area (Å²) in [4.78, 5) is 2.31. The lowest BCUT2D eigenvalue weighted by Gasteiger charge is -2.25. The maximum absolute atomic E-state index is 13.5. The van der Waals surface area contributed by atoms with E-state index in [4.69, 9.17) is 9.84 Å². The summed E-state index contributed by atoms with van der Waals surface area (Å²) in [5.41, 5.74) is 2.74. The number of benzene rings is 2. The first-order chi connectivity index (χ1) is 16.0. The summed E-state index contributed by atoms with van der Waals surface area (Å²) < 4.78 is 21.5. The summed E-state index contributed by atoms with van der Waals surface area (Å²) in [5.74, 6) is 1.54. The van der Waals surface area contributed by atoms with E-state index in [9.17, 15) is 9.50 Å². The van der Waals surface area contributed by atoms with E-state index in [-0.39, 0.29) is 5.82 Å². The Morgan fingerprint density at radius 1 is 1.21 bits per heavy atom. The SMILES string of the molecule is C=CCC[C@@H](O)CN(Cc1c(C)nn(-c2ccccc2)c1Oc1ccc(F)cc1)CC1CC1. The van der Waals surface area contributed by atoms with Gasteiger partial charge < -0.3 is 9.84 Å². The fraction of sp³-hybridized carbons (Fsp3) is 0.370. The van der Waals surface area contributed by atoms with Crippen LogP contribution in [0.3, 0.4) is 0 Å². The summed E-state index contributed by atoms with van der Waals surface area (Å²) in [7, 11) is 0. The standard InChI is InChI=1S/C27H32FN3O2/c1-3-4-10-24(32)18-30(17-21-11-12-21)19-26-20(2)29-31(23-8-6-5-7-9-23)27(26)33-25-15-13-22(28)14-16-25/h3,5-9,13-16,21,24,32H,1,4,10-12,17-19H2,2H3/t24-/m1/s1. The van der Waals surface area contributed by atoms with Crippen LogP contribution in [-0.4, -0.2) is 39.0 Å². The highest BCUT2D eigenvalue weighted by atomic mass is 19.1. The van der Waals surface area contributed by atoms with Gasteiger partial charge in [-0.25, -0.2) is 9.07 Å². The summed E-state index contributed by atoms with van der Waals surface area (Å²) in [6.07, 6.45) is 5.40. The fourth-order valence-electron chi connectivity index (χ4n) is 3.98. The van der Waals surface area contributed by atoms with Crippen molar-refractivity contribution in [1.29, 1.82) is 0 Å². The molecule has 0 unspecified atom stereocenters. The van der Waals surface area contributed by atoms with Crippen molar-refractivity contribution in [2.75, 3.05) is 13.1 Å². The highest BCUT2D eigenvalue weighted by Crippen LogP contribution is 2.34. The van der Waals surface area contributed by atoms with E-state index in [1.54, 1.807) is 16.8 Å². The number of para-hydroxylation sites is 1. The van der Waals surface area contributed by atoms with E-state index in [0.717, 1.165) is 29.9 Å². The molecule has 1 atom stereocenters. The van der Waals surface area contributed by atoms with E-state index in [1.807, 2.05) is 43.3 Å². The molecule has 0 amide bonds. The minimum Gasteiger partial charge on any atom is -0.439 e. The van der Waals surface area contributed by atoms with Crippen molar-refractivity contribution in [3.8, 4) is 17.3 Å². The van der Waals surface area contributed by atoms with Gasteiger partial charge in [0.2, 0.25) is 5.88 Å². The molecule has 1 aliphatic rings. The quantitative estimate of drug-likeness (QED) is 0.363. The lowest BCUT2D eigenvalue weighted by Crippen LogP contribution is -2.34. The molecule has 0 aliphatic heterocycles. The van der Waals surface area contributed by atoms with E-state index in [2.05, 4.69) is 11.5 Å². The molecule has 6 heteroatoms. The molecule has 174 valence electrons. The molecule has 5 nitrogen and oxygen atoms in total. The van der Waals surface area contributed by atoms with Crippen molar-refractivity contribution in [3.63, 3.8) is 0 Å². The minimum atomic E-state index is -0.410. The van der Waals surface area contributed by atoms with Crippen LogP contribution in [0, 0.1) is 18.7 Å². The molecular weight excluding hydrogens is 417 g/mol. The Morgan fingerprint density at radius 3 is 2.61 bits per heavy atom. The molecule has 0 bridgehead atoms. The van der Waals surface area contributed by atoms with E-state index < -0.39 is 6.10 Å². The molecule has 0 radical (unpaired) electrons. The molecule has 1 fully saturated rings. The average Bonchev–Trinajstić information content (AvgIpc) is 3.58. The number of hydrogen-bond donors (Lipinski definition) is 1. The van der Waals surface area contributed by atoms with E-state index >= 15 is 0 Å². The third-order valence-corrected chi connectivity index (χ3v) is 5.93. The predicted octanol–water partition coefficient (Wildman–Crippen LogP) is 5.65. The molecule has 1 saturated carbocycles. The van der Waals surface area contributed by atoms with Gasteiger partial charge in [0, 0.05) is 19.6 Å². The zero-order valence-corrected chi connectivity index (χ0v) is 19.2. The molecule has 1 N–H and O–H groups in total. The first-order valence-corrected chi connectivity index (χ1v) is 11.6. The monoisotopic (exact) mass is 449 g/mol. The number of aromatic nitrogens is 2.